The zero-order valence-electron chi connectivity index (χ0n) is 14.0. The zero-order chi connectivity index (χ0) is 15.0. The van der Waals surface area contributed by atoms with Crippen molar-refractivity contribution >= 4 is 6.21 Å². The van der Waals surface area contributed by atoms with Gasteiger partial charge in [0.15, 0.2) is 0 Å². The molecule has 3 fully saturated rings. The van der Waals surface area contributed by atoms with E-state index in [0.717, 1.165) is 30.7 Å². The highest BCUT2D eigenvalue weighted by molar-refractivity contribution is 5.56. The van der Waals surface area contributed by atoms with Gasteiger partial charge in [0.25, 0.3) is 0 Å². The molecule has 0 aromatic rings. The smallest absolute Gasteiger partial charge is 0.109 e. The van der Waals surface area contributed by atoms with Gasteiger partial charge in [0, 0.05) is 12.8 Å². The molecule has 126 valence electrons. The minimum absolute atomic E-state index is 0.314. The third-order valence-corrected chi connectivity index (χ3v) is 5.99. The molecule has 0 spiro atoms. The van der Waals surface area contributed by atoms with Gasteiger partial charge in [-0.25, -0.2) is 5.43 Å². The molecule has 0 bridgehead atoms. The second kappa shape index (κ2) is 8.88. The van der Waals surface area contributed by atoms with E-state index in [1.807, 2.05) is 0 Å². The fraction of sp³-hybridized carbons (Fsp3) is 0.944. The SMILES string of the molecule is C(/CCCC1CCCCC1)=N\NC1NNCC2CCCCC21. The van der Waals surface area contributed by atoms with Crippen molar-refractivity contribution in [2.75, 3.05) is 6.54 Å². The minimum Gasteiger partial charge on any atom is -0.292 e. The highest BCUT2D eigenvalue weighted by Crippen LogP contribution is 2.32. The van der Waals surface area contributed by atoms with Crippen LogP contribution in [0.25, 0.3) is 0 Å². The molecule has 1 saturated heterocycles. The van der Waals surface area contributed by atoms with E-state index < -0.39 is 0 Å². The predicted molar refractivity (Wildman–Crippen MR) is 92.4 cm³/mol. The summed E-state index contributed by atoms with van der Waals surface area (Å²) in [5.74, 6) is 2.57. The van der Waals surface area contributed by atoms with Crippen LogP contribution >= 0.6 is 0 Å². The Balaban J connectivity index is 1.31. The molecule has 3 N–H and O–H groups in total. The molecule has 4 heteroatoms. The Morgan fingerprint density at radius 3 is 2.73 bits per heavy atom. The van der Waals surface area contributed by atoms with Crippen LogP contribution in [0, 0.1) is 17.8 Å². The highest BCUT2D eigenvalue weighted by atomic mass is 15.5. The van der Waals surface area contributed by atoms with Gasteiger partial charge < -0.3 is 0 Å². The standard InChI is InChI=1S/C18H34N4/c1-2-8-15(9-3-1)10-6-7-13-19-21-18-17-12-5-4-11-16(17)14-20-22-18/h13,15-18,20-22H,1-12,14H2/b19-13+. The molecule has 4 nitrogen and oxygen atoms in total. The molecule has 1 aliphatic heterocycles. The third-order valence-electron chi connectivity index (χ3n) is 5.99. The molecule has 22 heavy (non-hydrogen) atoms. The Kier molecular flexibility index (Phi) is 6.56. The van der Waals surface area contributed by atoms with Crippen molar-refractivity contribution in [2.45, 2.75) is 83.2 Å². The first kappa shape index (κ1) is 16.3. The number of fused-ring (bicyclic) bond motifs is 1. The quantitative estimate of drug-likeness (QED) is 0.399. The maximum atomic E-state index is 4.49. The van der Waals surface area contributed by atoms with E-state index in [9.17, 15) is 0 Å². The Hall–Kier alpha value is -0.610. The average Bonchev–Trinajstić information content (AvgIpc) is 2.59. The van der Waals surface area contributed by atoms with Gasteiger partial charge in [-0.05, 0) is 43.4 Å². The molecular formula is C18H34N4. The van der Waals surface area contributed by atoms with Crippen molar-refractivity contribution in [3.05, 3.63) is 0 Å². The summed E-state index contributed by atoms with van der Waals surface area (Å²) in [6.45, 7) is 1.12. The summed E-state index contributed by atoms with van der Waals surface area (Å²) in [7, 11) is 0. The summed E-state index contributed by atoms with van der Waals surface area (Å²) in [4.78, 5) is 0. The lowest BCUT2D eigenvalue weighted by Gasteiger charge is -2.41. The van der Waals surface area contributed by atoms with Gasteiger partial charge in [-0.2, -0.15) is 5.10 Å². The van der Waals surface area contributed by atoms with Crippen molar-refractivity contribution in [1.29, 1.82) is 0 Å². The molecule has 1 heterocycles. The third kappa shape index (κ3) is 4.69. The van der Waals surface area contributed by atoms with E-state index >= 15 is 0 Å². The van der Waals surface area contributed by atoms with Crippen LogP contribution in [-0.4, -0.2) is 18.9 Å². The summed E-state index contributed by atoms with van der Waals surface area (Å²) < 4.78 is 0. The summed E-state index contributed by atoms with van der Waals surface area (Å²) in [5.41, 5.74) is 10.1. The molecule has 2 saturated carbocycles. The van der Waals surface area contributed by atoms with Crippen LogP contribution in [0.5, 0.6) is 0 Å². The number of hydrazine groups is 1. The van der Waals surface area contributed by atoms with Crippen LogP contribution in [-0.2, 0) is 0 Å². The van der Waals surface area contributed by atoms with E-state index in [-0.39, 0.29) is 0 Å². The number of unbranched alkanes of at least 4 members (excludes halogenated alkanes) is 1. The van der Waals surface area contributed by atoms with Gasteiger partial charge in [-0.15, -0.1) is 0 Å². The molecule has 3 rings (SSSR count). The lowest BCUT2D eigenvalue weighted by atomic mass is 9.77. The number of nitrogens with zero attached hydrogens (tertiary/aromatic N) is 1. The first-order chi connectivity index (χ1) is 10.9. The maximum Gasteiger partial charge on any atom is 0.109 e. The summed E-state index contributed by atoms with van der Waals surface area (Å²) in [6.07, 6.45) is 19.1. The summed E-state index contributed by atoms with van der Waals surface area (Å²) in [6, 6.07) is 0. The average molecular weight is 306 g/mol. The topological polar surface area (TPSA) is 48.5 Å². The van der Waals surface area contributed by atoms with Gasteiger partial charge in [-0.3, -0.25) is 10.9 Å². The predicted octanol–water partition coefficient (Wildman–Crippen LogP) is 3.55. The van der Waals surface area contributed by atoms with Gasteiger partial charge in [0.1, 0.15) is 6.17 Å². The highest BCUT2D eigenvalue weighted by Gasteiger charge is 2.34. The molecule has 0 radical (unpaired) electrons. The van der Waals surface area contributed by atoms with Crippen molar-refractivity contribution in [2.24, 2.45) is 22.9 Å². The number of hydrogen-bond donors (Lipinski definition) is 3. The Labute approximate surface area is 135 Å². The van der Waals surface area contributed by atoms with Crippen molar-refractivity contribution in [3.8, 4) is 0 Å². The second-order valence-corrected chi connectivity index (χ2v) is 7.59. The molecule has 0 aromatic carbocycles. The van der Waals surface area contributed by atoms with E-state index in [2.05, 4.69) is 27.6 Å². The normalized spacial score (nSPS) is 33.7. The summed E-state index contributed by atoms with van der Waals surface area (Å²) >= 11 is 0. The zero-order valence-corrected chi connectivity index (χ0v) is 14.0. The monoisotopic (exact) mass is 306 g/mol. The van der Waals surface area contributed by atoms with Crippen LogP contribution in [0.15, 0.2) is 5.10 Å². The molecule has 2 aliphatic carbocycles. The van der Waals surface area contributed by atoms with E-state index in [0.29, 0.717) is 6.17 Å². The molecule has 3 unspecified atom stereocenters. The molecule has 0 aromatic heterocycles. The molecular weight excluding hydrogens is 272 g/mol. The van der Waals surface area contributed by atoms with Crippen LogP contribution < -0.4 is 16.3 Å². The maximum absolute atomic E-state index is 4.49. The first-order valence-electron chi connectivity index (χ1n) is 9.69. The van der Waals surface area contributed by atoms with Crippen LogP contribution in [0.4, 0.5) is 0 Å². The van der Waals surface area contributed by atoms with Gasteiger partial charge in [0.2, 0.25) is 0 Å². The number of nitrogens with one attached hydrogen (secondary N) is 3. The van der Waals surface area contributed by atoms with Gasteiger partial charge in [-0.1, -0.05) is 51.4 Å². The number of hydrazone groups is 1. The van der Waals surface area contributed by atoms with Crippen LogP contribution in [0.2, 0.25) is 0 Å². The largest absolute Gasteiger partial charge is 0.292 e. The van der Waals surface area contributed by atoms with Gasteiger partial charge in [0.05, 0.1) is 0 Å². The fourth-order valence-corrected chi connectivity index (χ4v) is 4.63. The number of hydrogen-bond acceptors (Lipinski definition) is 4. The lowest BCUT2D eigenvalue weighted by molar-refractivity contribution is 0.0996. The van der Waals surface area contributed by atoms with Crippen LogP contribution in [0.3, 0.4) is 0 Å². The van der Waals surface area contributed by atoms with Crippen molar-refractivity contribution in [1.82, 2.24) is 16.3 Å². The Morgan fingerprint density at radius 1 is 1.00 bits per heavy atom. The van der Waals surface area contributed by atoms with E-state index in [1.54, 1.807) is 0 Å². The fourth-order valence-electron chi connectivity index (χ4n) is 4.63. The van der Waals surface area contributed by atoms with Crippen molar-refractivity contribution < 1.29 is 0 Å². The minimum atomic E-state index is 0.314. The van der Waals surface area contributed by atoms with E-state index in [4.69, 9.17) is 0 Å². The van der Waals surface area contributed by atoms with Crippen LogP contribution in [0.1, 0.15) is 77.0 Å². The Bertz CT molecular complexity index is 336. The van der Waals surface area contributed by atoms with Crippen molar-refractivity contribution in [3.63, 3.8) is 0 Å². The number of rotatable bonds is 6. The first-order valence-corrected chi connectivity index (χ1v) is 9.69. The van der Waals surface area contributed by atoms with E-state index in [1.165, 1.54) is 70.6 Å². The molecule has 3 aliphatic rings. The molecule has 3 atom stereocenters. The molecule has 0 amide bonds. The van der Waals surface area contributed by atoms with Gasteiger partial charge >= 0.3 is 0 Å². The lowest BCUT2D eigenvalue weighted by Crippen LogP contribution is -2.60. The summed E-state index contributed by atoms with van der Waals surface area (Å²) in [5, 5.41) is 4.49. The second-order valence-electron chi connectivity index (χ2n) is 7.59. The Morgan fingerprint density at radius 2 is 1.82 bits per heavy atom.